The Kier molecular flexibility index (Phi) is 5.54. The van der Waals surface area contributed by atoms with E-state index >= 15 is 0 Å². The number of hydrogen-bond acceptors (Lipinski definition) is 9. The van der Waals surface area contributed by atoms with Crippen LogP contribution < -0.4 is 14.8 Å². The summed E-state index contributed by atoms with van der Waals surface area (Å²) < 4.78 is 16.8. The molecule has 0 saturated heterocycles. The number of fused-ring (bicyclic) bond motifs is 1. The van der Waals surface area contributed by atoms with E-state index in [1.807, 2.05) is 55.5 Å². The van der Waals surface area contributed by atoms with Crippen molar-refractivity contribution in [3.05, 3.63) is 66.5 Å². The topological polar surface area (TPSA) is 124 Å². The number of ether oxygens (including phenoxy) is 2. The first kappa shape index (κ1) is 20.4. The van der Waals surface area contributed by atoms with Gasteiger partial charge in [0.25, 0.3) is 5.89 Å². The molecule has 0 fully saturated rings. The quantitative estimate of drug-likeness (QED) is 0.358. The van der Waals surface area contributed by atoms with Crippen LogP contribution in [-0.4, -0.2) is 37.0 Å². The zero-order chi connectivity index (χ0) is 22.6. The number of rotatable bonds is 8. The van der Waals surface area contributed by atoms with Gasteiger partial charge in [-0.25, -0.2) is 9.97 Å². The molecule has 0 aliphatic rings. The highest BCUT2D eigenvalue weighted by molar-refractivity contribution is 5.93. The Labute approximate surface area is 189 Å². The summed E-state index contributed by atoms with van der Waals surface area (Å²) in [6.45, 7) is 4.43. The molecular weight excluding hydrogens is 422 g/mol. The molecule has 2 N–H and O–H groups in total. The minimum Gasteiger partial charge on any atom is -0.494 e. The van der Waals surface area contributed by atoms with Crippen molar-refractivity contribution in [2.24, 2.45) is 0 Å². The van der Waals surface area contributed by atoms with Crippen LogP contribution in [0.5, 0.6) is 11.5 Å². The smallest absolute Gasteiger partial charge is 0.253 e. The summed E-state index contributed by atoms with van der Waals surface area (Å²) in [5, 5.41) is 18.8. The number of aryl methyl sites for hydroxylation is 1. The highest BCUT2D eigenvalue weighted by Gasteiger charge is 2.13. The number of H-pyrrole nitrogens is 1. The van der Waals surface area contributed by atoms with Crippen LogP contribution in [0.15, 0.2) is 59.1 Å². The van der Waals surface area contributed by atoms with Crippen LogP contribution in [0.2, 0.25) is 0 Å². The second-order valence-electron chi connectivity index (χ2n) is 7.12. The number of anilines is 2. The molecule has 3 aromatic heterocycles. The van der Waals surface area contributed by atoms with Crippen LogP contribution in [0, 0.1) is 6.92 Å². The molecule has 10 heteroatoms. The first-order chi connectivity index (χ1) is 16.2. The lowest BCUT2D eigenvalue weighted by atomic mass is 10.1. The first-order valence-corrected chi connectivity index (χ1v) is 10.4. The summed E-state index contributed by atoms with van der Waals surface area (Å²) in [6.07, 6.45) is 1.74. The van der Waals surface area contributed by atoms with Crippen LogP contribution in [0.3, 0.4) is 0 Å². The monoisotopic (exact) mass is 443 g/mol. The van der Waals surface area contributed by atoms with Gasteiger partial charge in [-0.2, -0.15) is 5.10 Å². The summed E-state index contributed by atoms with van der Waals surface area (Å²) in [5.41, 5.74) is 1.57. The minimum atomic E-state index is 0.176. The highest BCUT2D eigenvalue weighted by Crippen LogP contribution is 2.31. The Morgan fingerprint density at radius 2 is 1.91 bits per heavy atom. The van der Waals surface area contributed by atoms with E-state index in [0.717, 1.165) is 22.2 Å². The van der Waals surface area contributed by atoms with Gasteiger partial charge in [0.1, 0.15) is 17.3 Å². The number of benzene rings is 2. The van der Waals surface area contributed by atoms with Gasteiger partial charge in [0, 0.05) is 30.1 Å². The maximum Gasteiger partial charge on any atom is 0.253 e. The fraction of sp³-hybridized carbons (Fsp3) is 0.174. The first-order valence-electron chi connectivity index (χ1n) is 10.4. The van der Waals surface area contributed by atoms with Crippen molar-refractivity contribution in [2.45, 2.75) is 20.5 Å². The summed E-state index contributed by atoms with van der Waals surface area (Å²) >= 11 is 0. The van der Waals surface area contributed by atoms with E-state index in [4.69, 9.17) is 23.9 Å². The largest absolute Gasteiger partial charge is 0.494 e. The Morgan fingerprint density at radius 3 is 2.70 bits per heavy atom. The van der Waals surface area contributed by atoms with Gasteiger partial charge in [-0.05, 0) is 37.3 Å². The van der Waals surface area contributed by atoms with Gasteiger partial charge in [0.2, 0.25) is 5.89 Å². The fourth-order valence-electron chi connectivity index (χ4n) is 3.31. The van der Waals surface area contributed by atoms with Crippen molar-refractivity contribution in [3.63, 3.8) is 0 Å². The summed E-state index contributed by atoms with van der Waals surface area (Å²) in [5.74, 6) is 4.11. The molecule has 0 bridgehead atoms. The van der Waals surface area contributed by atoms with E-state index in [1.54, 1.807) is 13.1 Å². The van der Waals surface area contributed by atoms with E-state index in [9.17, 15) is 0 Å². The predicted octanol–water partition coefficient (Wildman–Crippen LogP) is 4.43. The molecule has 5 aromatic rings. The molecule has 0 saturated carbocycles. The van der Waals surface area contributed by atoms with Gasteiger partial charge < -0.3 is 19.2 Å². The maximum atomic E-state index is 5.82. The Balaban J connectivity index is 1.50. The minimum absolute atomic E-state index is 0.176. The molecule has 0 atom stereocenters. The lowest BCUT2D eigenvalue weighted by molar-refractivity contribution is 0.260. The van der Waals surface area contributed by atoms with Crippen LogP contribution in [0.25, 0.3) is 22.3 Å². The summed E-state index contributed by atoms with van der Waals surface area (Å²) in [7, 11) is 0. The molecule has 0 spiro atoms. The third kappa shape index (κ3) is 4.59. The van der Waals surface area contributed by atoms with Gasteiger partial charge in [-0.3, -0.25) is 5.10 Å². The number of aromatic nitrogens is 6. The lowest BCUT2D eigenvalue weighted by Crippen LogP contribution is -2.01. The predicted molar refractivity (Wildman–Crippen MR) is 121 cm³/mol. The van der Waals surface area contributed by atoms with Crippen LogP contribution in [0.1, 0.15) is 18.7 Å². The standard InChI is InChI=1S/C23H21N7O3/c1-3-31-17-7-8-19-18(12-17)23(26-20-9-10-24-29-20)27-22(25-19)15-5-4-6-16(11-15)32-13-21-30-28-14(2)33-21/h4-12H,3,13H2,1-2H3,(H2,24,25,26,27,29). The molecule has 2 aromatic carbocycles. The van der Waals surface area contributed by atoms with E-state index in [1.165, 1.54) is 0 Å². The highest BCUT2D eigenvalue weighted by atomic mass is 16.5. The number of hydrogen-bond donors (Lipinski definition) is 2. The second-order valence-corrected chi connectivity index (χ2v) is 7.12. The van der Waals surface area contributed by atoms with E-state index in [0.29, 0.717) is 41.6 Å². The molecule has 0 radical (unpaired) electrons. The second kappa shape index (κ2) is 8.95. The third-order valence-corrected chi connectivity index (χ3v) is 4.75. The molecular formula is C23H21N7O3. The van der Waals surface area contributed by atoms with Crippen molar-refractivity contribution < 1.29 is 13.9 Å². The summed E-state index contributed by atoms with van der Waals surface area (Å²) in [6, 6.07) is 15.1. The van der Waals surface area contributed by atoms with Crippen LogP contribution >= 0.6 is 0 Å². The average Bonchev–Trinajstić information content (AvgIpc) is 3.50. The molecule has 3 heterocycles. The molecule has 0 amide bonds. The van der Waals surface area contributed by atoms with Gasteiger partial charge >= 0.3 is 0 Å². The number of nitrogens with one attached hydrogen (secondary N) is 2. The molecule has 0 unspecified atom stereocenters. The van der Waals surface area contributed by atoms with Crippen molar-refractivity contribution in [3.8, 4) is 22.9 Å². The zero-order valence-corrected chi connectivity index (χ0v) is 18.1. The Bertz CT molecular complexity index is 1380. The molecule has 33 heavy (non-hydrogen) atoms. The van der Waals surface area contributed by atoms with Crippen LogP contribution in [0.4, 0.5) is 11.6 Å². The zero-order valence-electron chi connectivity index (χ0n) is 18.1. The van der Waals surface area contributed by atoms with Gasteiger partial charge in [-0.1, -0.05) is 12.1 Å². The van der Waals surface area contributed by atoms with Crippen LogP contribution in [-0.2, 0) is 6.61 Å². The Morgan fingerprint density at radius 1 is 1.00 bits per heavy atom. The third-order valence-electron chi connectivity index (χ3n) is 4.75. The average molecular weight is 443 g/mol. The molecule has 0 aliphatic carbocycles. The number of aromatic amines is 1. The summed E-state index contributed by atoms with van der Waals surface area (Å²) in [4.78, 5) is 9.55. The molecule has 5 rings (SSSR count). The van der Waals surface area contributed by atoms with Crippen molar-refractivity contribution >= 4 is 22.5 Å². The normalized spacial score (nSPS) is 11.0. The van der Waals surface area contributed by atoms with Gasteiger partial charge in [0.15, 0.2) is 18.2 Å². The maximum absolute atomic E-state index is 5.82. The van der Waals surface area contributed by atoms with E-state index in [-0.39, 0.29) is 6.61 Å². The lowest BCUT2D eigenvalue weighted by Gasteiger charge is -2.12. The fourth-order valence-corrected chi connectivity index (χ4v) is 3.31. The SMILES string of the molecule is CCOc1ccc2nc(-c3cccc(OCc4nnc(C)o4)c3)nc(Nc3cc[nH]n3)c2c1. The number of nitrogens with zero attached hydrogens (tertiary/aromatic N) is 5. The van der Waals surface area contributed by atoms with Crippen molar-refractivity contribution in [1.29, 1.82) is 0 Å². The molecule has 0 aliphatic heterocycles. The van der Waals surface area contributed by atoms with Gasteiger partial charge in [-0.15, -0.1) is 10.2 Å². The van der Waals surface area contributed by atoms with Crippen molar-refractivity contribution in [2.75, 3.05) is 11.9 Å². The van der Waals surface area contributed by atoms with Crippen molar-refractivity contribution in [1.82, 2.24) is 30.4 Å². The Hall–Kier alpha value is -4.47. The molecule has 166 valence electrons. The van der Waals surface area contributed by atoms with Gasteiger partial charge in [0.05, 0.1) is 12.1 Å². The molecule has 10 nitrogen and oxygen atoms in total. The van der Waals surface area contributed by atoms with E-state index in [2.05, 4.69) is 25.7 Å². The van der Waals surface area contributed by atoms with E-state index < -0.39 is 0 Å².